The lowest BCUT2D eigenvalue weighted by Crippen LogP contribution is -2.14. The Bertz CT molecular complexity index is 580. The minimum Gasteiger partial charge on any atom is -0.398 e. The minimum atomic E-state index is -0.287. The standard InChI is InChI=1S/C16H17Cl2FN2S/c1-2-3-4-14(18)16(9-17)21-11-22-10-15(20)12-5-7-13(19)8-6-12/h2-8,10,21H,1,9,11,20H2/b4-3-,15-10-,16-14-. The van der Waals surface area contributed by atoms with Crippen LogP contribution >= 0.6 is 35.0 Å². The number of allylic oxidation sites excluding steroid dienone is 5. The minimum absolute atomic E-state index is 0.276. The maximum absolute atomic E-state index is 12.8. The molecule has 3 N–H and O–H groups in total. The van der Waals surface area contributed by atoms with E-state index < -0.39 is 0 Å². The van der Waals surface area contributed by atoms with Gasteiger partial charge in [0.05, 0.1) is 16.8 Å². The topological polar surface area (TPSA) is 38.0 Å². The van der Waals surface area contributed by atoms with Crippen LogP contribution < -0.4 is 11.1 Å². The SMILES string of the molecule is C=C/C=C\C(Cl)=C(/CCl)NCS/C=C(\N)c1ccc(F)cc1. The summed E-state index contributed by atoms with van der Waals surface area (Å²) in [7, 11) is 0. The molecule has 0 radical (unpaired) electrons. The lowest BCUT2D eigenvalue weighted by Gasteiger charge is -2.08. The van der Waals surface area contributed by atoms with Gasteiger partial charge in [-0.1, -0.05) is 30.3 Å². The van der Waals surface area contributed by atoms with Crippen LogP contribution in [-0.2, 0) is 0 Å². The van der Waals surface area contributed by atoms with Crippen LogP contribution in [0.3, 0.4) is 0 Å². The molecule has 2 nitrogen and oxygen atoms in total. The Balaban J connectivity index is 2.55. The Labute approximate surface area is 144 Å². The zero-order chi connectivity index (χ0) is 16.4. The van der Waals surface area contributed by atoms with Crippen LogP contribution in [0, 0.1) is 5.82 Å². The van der Waals surface area contributed by atoms with Crippen LogP contribution in [0.1, 0.15) is 5.56 Å². The highest BCUT2D eigenvalue weighted by Gasteiger charge is 2.01. The third-order valence-electron chi connectivity index (χ3n) is 2.56. The molecule has 0 amide bonds. The quantitative estimate of drug-likeness (QED) is 0.303. The number of hydrogen-bond acceptors (Lipinski definition) is 3. The summed E-state index contributed by atoms with van der Waals surface area (Å²) in [4.78, 5) is 0. The second kappa shape index (κ2) is 10.4. The fourth-order valence-electron chi connectivity index (χ4n) is 1.42. The first-order valence-electron chi connectivity index (χ1n) is 6.39. The highest BCUT2D eigenvalue weighted by molar-refractivity contribution is 8.02. The molecule has 0 aliphatic carbocycles. The van der Waals surface area contributed by atoms with E-state index in [0.29, 0.717) is 16.6 Å². The summed E-state index contributed by atoms with van der Waals surface area (Å²) in [6, 6.07) is 6.02. The largest absolute Gasteiger partial charge is 0.398 e. The van der Waals surface area contributed by atoms with E-state index in [-0.39, 0.29) is 11.7 Å². The van der Waals surface area contributed by atoms with E-state index in [1.165, 1.54) is 23.9 Å². The molecule has 1 aromatic rings. The van der Waals surface area contributed by atoms with Crippen LogP contribution in [-0.4, -0.2) is 11.8 Å². The molecule has 0 aromatic heterocycles. The van der Waals surface area contributed by atoms with Crippen molar-refractivity contribution in [2.45, 2.75) is 0 Å². The third kappa shape index (κ3) is 6.60. The molecule has 0 unspecified atom stereocenters. The van der Waals surface area contributed by atoms with Gasteiger partial charge in [0.2, 0.25) is 0 Å². The Morgan fingerprint density at radius 3 is 2.64 bits per heavy atom. The lowest BCUT2D eigenvalue weighted by atomic mass is 10.2. The van der Waals surface area contributed by atoms with Crippen molar-refractivity contribution in [3.8, 4) is 0 Å². The second-order valence-electron chi connectivity index (χ2n) is 4.12. The summed E-state index contributed by atoms with van der Waals surface area (Å²) in [5.74, 6) is 0.546. The fourth-order valence-corrected chi connectivity index (χ4v) is 2.59. The Kier molecular flexibility index (Phi) is 8.82. The smallest absolute Gasteiger partial charge is 0.123 e. The number of thioether (sulfide) groups is 1. The molecule has 6 heteroatoms. The molecule has 1 aromatic carbocycles. The molecule has 118 valence electrons. The van der Waals surface area contributed by atoms with E-state index in [4.69, 9.17) is 28.9 Å². The molecule has 0 saturated carbocycles. The van der Waals surface area contributed by atoms with Gasteiger partial charge in [-0.05, 0) is 41.3 Å². The lowest BCUT2D eigenvalue weighted by molar-refractivity contribution is 0.627. The van der Waals surface area contributed by atoms with Crippen molar-refractivity contribution < 1.29 is 4.39 Å². The normalized spacial score (nSPS) is 13.1. The summed E-state index contributed by atoms with van der Waals surface area (Å²) in [5, 5.41) is 5.45. The Hall–Kier alpha value is -1.36. The highest BCUT2D eigenvalue weighted by Crippen LogP contribution is 2.16. The number of alkyl halides is 1. The first kappa shape index (κ1) is 18.7. The number of benzene rings is 1. The zero-order valence-electron chi connectivity index (χ0n) is 11.9. The number of halogens is 3. The van der Waals surface area contributed by atoms with E-state index in [0.717, 1.165) is 11.3 Å². The van der Waals surface area contributed by atoms with Gasteiger partial charge in [-0.25, -0.2) is 4.39 Å². The van der Waals surface area contributed by atoms with Gasteiger partial charge in [0.25, 0.3) is 0 Å². The summed E-state index contributed by atoms with van der Waals surface area (Å²) in [5.41, 5.74) is 7.99. The first-order valence-corrected chi connectivity index (χ1v) is 8.35. The van der Waals surface area contributed by atoms with Gasteiger partial charge in [-0.15, -0.1) is 23.4 Å². The monoisotopic (exact) mass is 358 g/mol. The zero-order valence-corrected chi connectivity index (χ0v) is 14.2. The van der Waals surface area contributed by atoms with E-state index in [9.17, 15) is 4.39 Å². The number of rotatable bonds is 8. The molecule has 0 atom stereocenters. The van der Waals surface area contributed by atoms with Crippen LogP contribution in [0.15, 0.2) is 65.2 Å². The molecule has 0 bridgehead atoms. The van der Waals surface area contributed by atoms with Gasteiger partial charge in [0.15, 0.2) is 0 Å². The van der Waals surface area contributed by atoms with Crippen molar-refractivity contribution in [2.24, 2.45) is 5.73 Å². The maximum atomic E-state index is 12.8. The average molecular weight is 359 g/mol. The van der Waals surface area contributed by atoms with E-state index in [2.05, 4.69) is 11.9 Å². The van der Waals surface area contributed by atoms with Crippen LogP contribution in [0.2, 0.25) is 0 Å². The molecule has 0 heterocycles. The predicted octanol–water partition coefficient (Wildman–Crippen LogP) is 4.79. The Morgan fingerprint density at radius 2 is 2.05 bits per heavy atom. The molecule has 0 saturated heterocycles. The molecule has 22 heavy (non-hydrogen) atoms. The molecular weight excluding hydrogens is 342 g/mol. The maximum Gasteiger partial charge on any atom is 0.123 e. The molecule has 0 spiro atoms. The van der Waals surface area contributed by atoms with Crippen molar-refractivity contribution >= 4 is 40.7 Å². The van der Waals surface area contributed by atoms with Crippen LogP contribution in [0.5, 0.6) is 0 Å². The molecule has 0 aliphatic rings. The predicted molar refractivity (Wildman–Crippen MR) is 97.1 cm³/mol. The van der Waals surface area contributed by atoms with Gasteiger partial charge in [0.1, 0.15) is 5.82 Å². The van der Waals surface area contributed by atoms with Crippen molar-refractivity contribution in [3.63, 3.8) is 0 Å². The van der Waals surface area contributed by atoms with Crippen molar-refractivity contribution in [3.05, 3.63) is 76.6 Å². The summed E-state index contributed by atoms with van der Waals surface area (Å²) < 4.78 is 12.8. The van der Waals surface area contributed by atoms with Gasteiger partial charge in [0, 0.05) is 11.4 Å². The molecule has 0 aliphatic heterocycles. The van der Waals surface area contributed by atoms with Crippen molar-refractivity contribution in [1.82, 2.24) is 5.32 Å². The van der Waals surface area contributed by atoms with Gasteiger partial charge < -0.3 is 11.1 Å². The fraction of sp³-hybridized carbons (Fsp3) is 0.125. The Morgan fingerprint density at radius 1 is 1.36 bits per heavy atom. The summed E-state index contributed by atoms with van der Waals surface area (Å²) >= 11 is 13.4. The van der Waals surface area contributed by atoms with Gasteiger partial charge in [-0.3, -0.25) is 0 Å². The highest BCUT2D eigenvalue weighted by atomic mass is 35.5. The molecule has 1 rings (SSSR count). The van der Waals surface area contributed by atoms with E-state index in [1.54, 1.807) is 35.8 Å². The van der Waals surface area contributed by atoms with Crippen LogP contribution in [0.25, 0.3) is 5.70 Å². The number of hydrogen-bond donors (Lipinski definition) is 2. The summed E-state index contributed by atoms with van der Waals surface area (Å²) in [6.45, 7) is 3.58. The van der Waals surface area contributed by atoms with Crippen molar-refractivity contribution in [2.75, 3.05) is 11.8 Å². The van der Waals surface area contributed by atoms with Crippen molar-refractivity contribution in [1.29, 1.82) is 0 Å². The second-order valence-corrected chi connectivity index (χ2v) is 5.65. The van der Waals surface area contributed by atoms with Gasteiger partial charge >= 0.3 is 0 Å². The molecular formula is C16H17Cl2FN2S. The average Bonchev–Trinajstić information content (AvgIpc) is 2.53. The number of nitrogens with two attached hydrogens (primary N) is 1. The van der Waals surface area contributed by atoms with E-state index in [1.807, 2.05) is 0 Å². The van der Waals surface area contributed by atoms with E-state index >= 15 is 0 Å². The van der Waals surface area contributed by atoms with Crippen LogP contribution in [0.4, 0.5) is 4.39 Å². The third-order valence-corrected chi connectivity index (χ3v) is 3.91. The number of nitrogens with one attached hydrogen (secondary N) is 1. The first-order chi connectivity index (χ1) is 10.6. The molecule has 0 fully saturated rings. The van der Waals surface area contributed by atoms with Gasteiger partial charge in [-0.2, -0.15) is 0 Å². The summed E-state index contributed by atoms with van der Waals surface area (Å²) in [6.07, 6.45) is 5.08.